The van der Waals surface area contributed by atoms with Gasteiger partial charge >= 0.3 is 0 Å². The van der Waals surface area contributed by atoms with Gasteiger partial charge in [-0.05, 0) is 42.9 Å². The van der Waals surface area contributed by atoms with Gasteiger partial charge in [0.2, 0.25) is 5.91 Å². The first kappa shape index (κ1) is 20.7. The molecule has 3 aliphatic heterocycles. The smallest absolute Gasteiger partial charge is 0.262 e. The second-order valence-corrected chi connectivity index (χ2v) is 9.61. The zero-order valence-electron chi connectivity index (χ0n) is 18.4. The number of fused-ring (bicyclic) bond motifs is 5. The number of nitrogens with zero attached hydrogens (tertiary/aromatic N) is 3. The van der Waals surface area contributed by atoms with E-state index in [4.69, 9.17) is 0 Å². The molecule has 7 nitrogen and oxygen atoms in total. The monoisotopic (exact) mass is 433 g/mol. The maximum Gasteiger partial charge on any atom is 0.262 e. The van der Waals surface area contributed by atoms with E-state index >= 15 is 0 Å². The number of piperidine rings is 1. The summed E-state index contributed by atoms with van der Waals surface area (Å²) in [6, 6.07) is 11.3. The summed E-state index contributed by atoms with van der Waals surface area (Å²) in [7, 11) is 0. The van der Waals surface area contributed by atoms with E-state index in [9.17, 15) is 19.2 Å². The number of pyridine rings is 1. The van der Waals surface area contributed by atoms with Crippen LogP contribution in [0.15, 0.2) is 47.3 Å². The van der Waals surface area contributed by atoms with Crippen molar-refractivity contribution in [2.24, 2.45) is 11.8 Å². The molecule has 2 bridgehead atoms. The van der Waals surface area contributed by atoms with Gasteiger partial charge in [0.05, 0.1) is 11.1 Å². The van der Waals surface area contributed by atoms with Crippen LogP contribution in [0, 0.1) is 11.8 Å². The minimum absolute atomic E-state index is 0.000635. The fraction of sp³-hybridized carbons (Fsp3) is 0.440. The SMILES string of the molecule is CC(C)CC(C(=O)N1CC2CC(C1)c1cccc(=O)n1C2)N1C(=O)c2ccccc2C1=O. The van der Waals surface area contributed by atoms with E-state index in [1.54, 1.807) is 36.4 Å². The molecular weight excluding hydrogens is 406 g/mol. The lowest BCUT2D eigenvalue weighted by Crippen LogP contribution is -2.56. The predicted octanol–water partition coefficient (Wildman–Crippen LogP) is 2.50. The van der Waals surface area contributed by atoms with Crippen molar-refractivity contribution < 1.29 is 14.4 Å². The molecule has 0 aliphatic carbocycles. The first-order chi connectivity index (χ1) is 15.3. The van der Waals surface area contributed by atoms with Crippen LogP contribution in [0.25, 0.3) is 0 Å². The Morgan fingerprint density at radius 1 is 0.938 bits per heavy atom. The van der Waals surface area contributed by atoms with Gasteiger partial charge in [-0.15, -0.1) is 0 Å². The molecule has 2 aromatic rings. The van der Waals surface area contributed by atoms with Crippen LogP contribution >= 0.6 is 0 Å². The highest BCUT2D eigenvalue weighted by Crippen LogP contribution is 2.36. The zero-order valence-corrected chi connectivity index (χ0v) is 18.4. The minimum Gasteiger partial charge on any atom is -0.340 e. The van der Waals surface area contributed by atoms with Gasteiger partial charge in [-0.3, -0.25) is 24.1 Å². The molecule has 1 aromatic carbocycles. The molecule has 0 N–H and O–H groups in total. The number of hydrogen-bond acceptors (Lipinski definition) is 4. The third-order valence-electron chi connectivity index (χ3n) is 6.91. The van der Waals surface area contributed by atoms with Gasteiger partial charge in [0.15, 0.2) is 0 Å². The Bertz CT molecular complexity index is 1130. The molecule has 1 aromatic heterocycles. The summed E-state index contributed by atoms with van der Waals surface area (Å²) >= 11 is 0. The van der Waals surface area contributed by atoms with Crippen LogP contribution in [0.4, 0.5) is 0 Å². The Balaban J connectivity index is 1.45. The molecule has 4 heterocycles. The van der Waals surface area contributed by atoms with Crippen molar-refractivity contribution in [2.45, 2.75) is 45.2 Å². The van der Waals surface area contributed by atoms with Gasteiger partial charge in [-0.1, -0.05) is 32.0 Å². The highest BCUT2D eigenvalue weighted by molar-refractivity contribution is 6.22. The van der Waals surface area contributed by atoms with Gasteiger partial charge < -0.3 is 9.47 Å². The number of imide groups is 1. The van der Waals surface area contributed by atoms with Gasteiger partial charge in [-0.2, -0.15) is 0 Å². The molecule has 7 heteroatoms. The number of rotatable bonds is 4. The Labute approximate surface area is 186 Å². The molecule has 3 amide bonds. The number of aromatic nitrogens is 1. The van der Waals surface area contributed by atoms with Gasteiger partial charge in [0.1, 0.15) is 6.04 Å². The molecule has 3 aliphatic rings. The van der Waals surface area contributed by atoms with E-state index in [0.717, 1.165) is 12.1 Å². The number of likely N-dealkylation sites (tertiary alicyclic amines) is 1. The molecule has 1 saturated heterocycles. The summed E-state index contributed by atoms with van der Waals surface area (Å²) in [5, 5.41) is 0. The molecular formula is C25H27N3O4. The number of hydrogen-bond donors (Lipinski definition) is 0. The molecule has 3 unspecified atom stereocenters. The fourth-order valence-electron chi connectivity index (χ4n) is 5.54. The van der Waals surface area contributed by atoms with Crippen LogP contribution in [-0.2, 0) is 11.3 Å². The number of amides is 3. The van der Waals surface area contributed by atoms with E-state index in [0.29, 0.717) is 37.2 Å². The highest BCUT2D eigenvalue weighted by Gasteiger charge is 2.45. The summed E-state index contributed by atoms with van der Waals surface area (Å²) in [4.78, 5) is 55.3. The van der Waals surface area contributed by atoms with Crippen LogP contribution in [-0.4, -0.2) is 51.2 Å². The first-order valence-corrected chi connectivity index (χ1v) is 11.3. The van der Waals surface area contributed by atoms with E-state index in [1.807, 2.05) is 29.4 Å². The van der Waals surface area contributed by atoms with Crippen molar-refractivity contribution in [3.63, 3.8) is 0 Å². The Morgan fingerprint density at radius 2 is 1.62 bits per heavy atom. The third-order valence-corrected chi connectivity index (χ3v) is 6.91. The van der Waals surface area contributed by atoms with Gasteiger partial charge in [-0.25, -0.2) is 0 Å². The van der Waals surface area contributed by atoms with Crippen LogP contribution in [0.3, 0.4) is 0 Å². The highest BCUT2D eigenvalue weighted by atomic mass is 16.2. The van der Waals surface area contributed by atoms with E-state index in [1.165, 1.54) is 4.90 Å². The number of carbonyl (C=O) groups is 3. The average molecular weight is 434 g/mol. The molecule has 3 atom stereocenters. The van der Waals surface area contributed by atoms with E-state index in [2.05, 4.69) is 0 Å². The molecule has 1 fully saturated rings. The Morgan fingerprint density at radius 3 is 2.28 bits per heavy atom. The van der Waals surface area contributed by atoms with Crippen molar-refractivity contribution in [3.8, 4) is 0 Å². The zero-order chi connectivity index (χ0) is 22.6. The molecule has 0 saturated carbocycles. The summed E-state index contributed by atoms with van der Waals surface area (Å²) in [5.74, 6) is -0.543. The molecule has 166 valence electrons. The second-order valence-electron chi connectivity index (χ2n) is 9.61. The van der Waals surface area contributed by atoms with E-state index in [-0.39, 0.29) is 29.2 Å². The quantitative estimate of drug-likeness (QED) is 0.694. The summed E-state index contributed by atoms with van der Waals surface area (Å²) in [5.41, 5.74) is 1.69. The largest absolute Gasteiger partial charge is 0.340 e. The van der Waals surface area contributed by atoms with Crippen molar-refractivity contribution >= 4 is 17.7 Å². The topological polar surface area (TPSA) is 79.7 Å². The van der Waals surface area contributed by atoms with Crippen LogP contribution in [0.1, 0.15) is 59.0 Å². The third kappa shape index (κ3) is 3.27. The van der Waals surface area contributed by atoms with Crippen molar-refractivity contribution in [1.82, 2.24) is 14.4 Å². The lowest BCUT2D eigenvalue weighted by molar-refractivity contribution is -0.138. The lowest BCUT2D eigenvalue weighted by Gasteiger charge is -2.44. The Kier molecular flexibility index (Phi) is 4.99. The number of carbonyl (C=O) groups excluding carboxylic acids is 3. The van der Waals surface area contributed by atoms with Crippen LogP contribution in [0.2, 0.25) is 0 Å². The standard InChI is InChI=1S/C25H27N3O4/c1-15(2)10-21(28-23(30)18-6-3-4-7-19(18)24(28)31)25(32)26-12-16-11-17(14-26)20-8-5-9-22(29)27(20)13-16/h3-9,15-17,21H,10-14H2,1-2H3. The van der Waals surface area contributed by atoms with Crippen molar-refractivity contribution in [2.75, 3.05) is 13.1 Å². The maximum absolute atomic E-state index is 13.8. The van der Waals surface area contributed by atoms with Crippen LogP contribution < -0.4 is 5.56 Å². The molecule has 5 rings (SSSR count). The van der Waals surface area contributed by atoms with Gasteiger partial charge in [0.25, 0.3) is 17.4 Å². The summed E-state index contributed by atoms with van der Waals surface area (Å²) in [6.45, 7) is 5.61. The predicted molar refractivity (Wildman–Crippen MR) is 118 cm³/mol. The first-order valence-electron chi connectivity index (χ1n) is 11.3. The average Bonchev–Trinajstić information content (AvgIpc) is 3.02. The second kappa shape index (κ2) is 7.73. The summed E-state index contributed by atoms with van der Waals surface area (Å²) in [6.07, 6.45) is 1.36. The van der Waals surface area contributed by atoms with Crippen LogP contribution in [0.5, 0.6) is 0 Å². The summed E-state index contributed by atoms with van der Waals surface area (Å²) < 4.78 is 1.83. The number of benzene rings is 1. The molecule has 32 heavy (non-hydrogen) atoms. The molecule has 0 radical (unpaired) electrons. The Hall–Kier alpha value is -3.22. The maximum atomic E-state index is 13.8. The van der Waals surface area contributed by atoms with Gasteiger partial charge in [0, 0.05) is 37.3 Å². The van der Waals surface area contributed by atoms with Crippen molar-refractivity contribution in [3.05, 3.63) is 69.6 Å². The lowest BCUT2D eigenvalue weighted by atomic mass is 9.82. The fourth-order valence-corrected chi connectivity index (χ4v) is 5.54. The normalized spacial score (nSPS) is 22.7. The molecule has 0 spiro atoms. The van der Waals surface area contributed by atoms with E-state index < -0.39 is 17.9 Å². The minimum atomic E-state index is -0.820. The van der Waals surface area contributed by atoms with Crippen molar-refractivity contribution in [1.29, 1.82) is 0 Å².